The van der Waals surface area contributed by atoms with Crippen LogP contribution in [0.15, 0.2) is 48.0 Å². The van der Waals surface area contributed by atoms with E-state index < -0.39 is 17.7 Å². The van der Waals surface area contributed by atoms with E-state index in [9.17, 15) is 14.7 Å². The normalized spacial score (nSPS) is 21.7. The molecule has 7 nitrogen and oxygen atoms in total. The SMILES string of the molecule is Cc1ccc([C@H]2/C(=C(\O)c3ccc4c(c3)C[C@@H](C)O4)C(=O)C(=O)N2c2nnc(C)s2)cc1. The van der Waals surface area contributed by atoms with Gasteiger partial charge in [0.25, 0.3) is 5.78 Å². The van der Waals surface area contributed by atoms with Gasteiger partial charge in [-0.25, -0.2) is 0 Å². The van der Waals surface area contributed by atoms with Crippen molar-refractivity contribution in [3.8, 4) is 5.75 Å². The Kier molecular flexibility index (Phi) is 4.82. The van der Waals surface area contributed by atoms with Crippen LogP contribution in [0, 0.1) is 13.8 Å². The second-order valence-corrected chi connectivity index (χ2v) is 9.30. The molecule has 1 aromatic heterocycles. The van der Waals surface area contributed by atoms with E-state index in [-0.39, 0.29) is 17.4 Å². The molecule has 0 aliphatic carbocycles. The number of anilines is 1. The van der Waals surface area contributed by atoms with Gasteiger partial charge in [0.15, 0.2) is 0 Å². The van der Waals surface area contributed by atoms with Gasteiger partial charge < -0.3 is 9.84 Å². The van der Waals surface area contributed by atoms with Gasteiger partial charge in [-0.3, -0.25) is 14.5 Å². The third kappa shape index (κ3) is 3.27. The van der Waals surface area contributed by atoms with Gasteiger partial charge in [0.05, 0.1) is 11.6 Å². The van der Waals surface area contributed by atoms with Crippen LogP contribution in [-0.4, -0.2) is 33.1 Å². The molecule has 1 amide bonds. The van der Waals surface area contributed by atoms with E-state index in [1.54, 1.807) is 19.1 Å². The molecule has 0 saturated carbocycles. The Morgan fingerprint density at radius 2 is 1.88 bits per heavy atom. The van der Waals surface area contributed by atoms with E-state index in [2.05, 4.69) is 10.2 Å². The van der Waals surface area contributed by atoms with E-state index in [0.717, 1.165) is 23.3 Å². The number of amides is 1. The molecule has 1 fully saturated rings. The molecule has 5 rings (SSSR count). The molecule has 2 aliphatic heterocycles. The second kappa shape index (κ2) is 7.56. The molecule has 3 heterocycles. The summed E-state index contributed by atoms with van der Waals surface area (Å²) in [6, 6.07) is 12.1. The minimum atomic E-state index is -0.800. The lowest BCUT2D eigenvalue weighted by molar-refractivity contribution is -0.132. The monoisotopic (exact) mass is 447 g/mol. The highest BCUT2D eigenvalue weighted by Crippen LogP contribution is 2.43. The van der Waals surface area contributed by atoms with E-state index in [4.69, 9.17) is 4.74 Å². The first-order chi connectivity index (χ1) is 15.3. The summed E-state index contributed by atoms with van der Waals surface area (Å²) >= 11 is 1.23. The average molecular weight is 448 g/mol. The van der Waals surface area contributed by atoms with Gasteiger partial charge in [0.1, 0.15) is 22.6 Å². The number of aryl methyl sites for hydroxylation is 2. The molecule has 1 N–H and O–H groups in total. The van der Waals surface area contributed by atoms with Crippen molar-refractivity contribution in [3.63, 3.8) is 0 Å². The smallest absolute Gasteiger partial charge is 0.301 e. The number of aliphatic hydroxyl groups is 1. The first-order valence-electron chi connectivity index (χ1n) is 10.3. The summed E-state index contributed by atoms with van der Waals surface area (Å²) < 4.78 is 5.74. The fourth-order valence-electron chi connectivity index (χ4n) is 4.20. The first kappa shape index (κ1) is 20.4. The maximum Gasteiger partial charge on any atom is 0.301 e. The Bertz CT molecular complexity index is 1280. The van der Waals surface area contributed by atoms with Gasteiger partial charge >= 0.3 is 5.91 Å². The van der Waals surface area contributed by atoms with Crippen LogP contribution in [0.5, 0.6) is 5.75 Å². The Balaban J connectivity index is 1.68. The minimum absolute atomic E-state index is 0.0404. The largest absolute Gasteiger partial charge is 0.507 e. The highest BCUT2D eigenvalue weighted by atomic mass is 32.1. The van der Waals surface area contributed by atoms with Gasteiger partial charge in [-0.1, -0.05) is 41.2 Å². The maximum atomic E-state index is 13.2. The molecule has 32 heavy (non-hydrogen) atoms. The van der Waals surface area contributed by atoms with Crippen molar-refractivity contribution in [3.05, 3.63) is 75.3 Å². The molecular weight excluding hydrogens is 426 g/mol. The van der Waals surface area contributed by atoms with Gasteiger partial charge in [-0.15, -0.1) is 10.2 Å². The second-order valence-electron chi connectivity index (χ2n) is 8.14. The third-order valence-electron chi connectivity index (χ3n) is 5.73. The predicted molar refractivity (Wildman–Crippen MR) is 121 cm³/mol. The number of rotatable bonds is 3. The quantitative estimate of drug-likeness (QED) is 0.369. The third-order valence-corrected chi connectivity index (χ3v) is 6.57. The zero-order valence-electron chi connectivity index (χ0n) is 17.8. The number of aliphatic hydroxyl groups excluding tert-OH is 1. The van der Waals surface area contributed by atoms with Crippen LogP contribution in [0.1, 0.15) is 40.2 Å². The number of carbonyl (C=O) groups excluding carboxylic acids is 2. The summed E-state index contributed by atoms with van der Waals surface area (Å²) in [4.78, 5) is 27.6. The number of fused-ring (bicyclic) bond motifs is 1. The molecule has 162 valence electrons. The Labute approximate surface area is 189 Å². The van der Waals surface area contributed by atoms with E-state index in [0.29, 0.717) is 21.3 Å². The van der Waals surface area contributed by atoms with Crippen molar-refractivity contribution in [2.24, 2.45) is 0 Å². The number of hydrogen-bond acceptors (Lipinski definition) is 7. The Morgan fingerprint density at radius 3 is 2.56 bits per heavy atom. The average Bonchev–Trinajstić information content (AvgIpc) is 3.43. The van der Waals surface area contributed by atoms with Crippen molar-refractivity contribution in [1.29, 1.82) is 0 Å². The highest BCUT2D eigenvalue weighted by Gasteiger charge is 2.48. The fraction of sp³-hybridized carbons (Fsp3) is 0.250. The number of Topliss-reactive ketones (excluding diaryl/α,β-unsaturated/α-hetero) is 1. The van der Waals surface area contributed by atoms with Crippen molar-refractivity contribution < 1.29 is 19.4 Å². The van der Waals surface area contributed by atoms with Crippen LogP contribution in [0.25, 0.3) is 5.76 Å². The van der Waals surface area contributed by atoms with Gasteiger partial charge in [0.2, 0.25) is 5.13 Å². The molecule has 2 aliphatic rings. The highest BCUT2D eigenvalue weighted by molar-refractivity contribution is 7.15. The fourth-order valence-corrected chi connectivity index (χ4v) is 4.92. The molecule has 0 radical (unpaired) electrons. The molecule has 0 spiro atoms. The van der Waals surface area contributed by atoms with Crippen LogP contribution in [0.2, 0.25) is 0 Å². The lowest BCUT2D eigenvalue weighted by Crippen LogP contribution is -2.29. The number of ether oxygens (including phenoxy) is 1. The number of nitrogens with zero attached hydrogens (tertiary/aromatic N) is 3. The van der Waals surface area contributed by atoms with Crippen LogP contribution in [-0.2, 0) is 16.0 Å². The number of aromatic nitrogens is 2. The van der Waals surface area contributed by atoms with E-state index in [1.165, 1.54) is 16.2 Å². The number of ketones is 1. The maximum absolute atomic E-state index is 13.2. The molecule has 1 saturated heterocycles. The van der Waals surface area contributed by atoms with Gasteiger partial charge in [0, 0.05) is 12.0 Å². The summed E-state index contributed by atoms with van der Waals surface area (Å²) in [5.41, 5.74) is 3.23. The molecule has 2 atom stereocenters. The van der Waals surface area contributed by atoms with Crippen LogP contribution in [0.3, 0.4) is 0 Å². The molecule has 8 heteroatoms. The zero-order chi connectivity index (χ0) is 22.6. The molecule has 0 bridgehead atoms. The molecule has 0 unspecified atom stereocenters. The lowest BCUT2D eigenvalue weighted by Gasteiger charge is -2.22. The van der Waals surface area contributed by atoms with Crippen LogP contribution in [0.4, 0.5) is 5.13 Å². The summed E-state index contributed by atoms with van der Waals surface area (Å²) in [6.45, 7) is 5.72. The van der Waals surface area contributed by atoms with Gasteiger partial charge in [-0.2, -0.15) is 0 Å². The molecule has 3 aromatic rings. The summed E-state index contributed by atoms with van der Waals surface area (Å²) in [7, 11) is 0. The summed E-state index contributed by atoms with van der Waals surface area (Å²) in [5, 5.41) is 20.4. The Morgan fingerprint density at radius 1 is 1.12 bits per heavy atom. The molecular formula is C24H21N3O4S. The topological polar surface area (TPSA) is 92.6 Å². The van der Waals surface area contributed by atoms with Crippen LogP contribution >= 0.6 is 11.3 Å². The van der Waals surface area contributed by atoms with Crippen LogP contribution < -0.4 is 9.64 Å². The molecule has 2 aromatic carbocycles. The van der Waals surface area contributed by atoms with Crippen molar-refractivity contribution in [1.82, 2.24) is 10.2 Å². The standard InChI is InChI=1S/C24H21N3O4S/c1-12-4-6-15(7-5-12)20-19(22(29)23(30)27(20)24-26-25-14(3)32-24)21(28)16-8-9-18-17(11-16)10-13(2)31-18/h4-9,11,13,20,28H,10H2,1-3H3/b21-19+/t13-,20+/m1/s1. The summed E-state index contributed by atoms with van der Waals surface area (Å²) in [6.07, 6.45) is 0.775. The van der Waals surface area contributed by atoms with Gasteiger partial charge in [-0.05, 0) is 50.1 Å². The predicted octanol–water partition coefficient (Wildman–Crippen LogP) is 4.10. The summed E-state index contributed by atoms with van der Waals surface area (Å²) in [5.74, 6) is -0.911. The number of hydrogen-bond donors (Lipinski definition) is 1. The lowest BCUT2D eigenvalue weighted by atomic mass is 9.94. The van der Waals surface area contributed by atoms with E-state index >= 15 is 0 Å². The number of benzene rings is 2. The van der Waals surface area contributed by atoms with Crippen molar-refractivity contribution >= 4 is 33.9 Å². The van der Waals surface area contributed by atoms with E-state index in [1.807, 2.05) is 44.2 Å². The minimum Gasteiger partial charge on any atom is -0.507 e. The zero-order valence-corrected chi connectivity index (χ0v) is 18.6. The van der Waals surface area contributed by atoms with Crippen molar-refractivity contribution in [2.75, 3.05) is 4.90 Å². The Hall–Kier alpha value is -3.52. The first-order valence-corrected chi connectivity index (χ1v) is 11.1. The number of carbonyl (C=O) groups is 2. The van der Waals surface area contributed by atoms with Crippen molar-refractivity contribution in [2.45, 2.75) is 39.3 Å².